The van der Waals surface area contributed by atoms with Crippen molar-refractivity contribution in [3.63, 3.8) is 0 Å². The first-order chi connectivity index (χ1) is 16.6. The van der Waals surface area contributed by atoms with Crippen LogP contribution in [0.25, 0.3) is 11.1 Å². The zero-order chi connectivity index (χ0) is 25.3. The smallest absolute Gasteiger partial charge is 0.407 e. The predicted octanol–water partition coefficient (Wildman–Crippen LogP) is 4.59. The molecule has 184 valence electrons. The van der Waals surface area contributed by atoms with Crippen molar-refractivity contribution >= 4 is 18.0 Å². The third-order valence-electron chi connectivity index (χ3n) is 6.01. The molecule has 1 amide bonds. The standard InChI is InChI=1S/C27H29NO7/c1-15(2)13-21(23(29)22-24(30)34-27(3,4)35-25(22)31)28-26(32)33-14-20-18-11-7-5-9-16(18)17-10-6-8-12-19(17)20/h5-12,15,20-21,29H,13-14H2,1-4H3,(H,28,32). The number of benzene rings is 2. The molecular formula is C27H29NO7. The van der Waals surface area contributed by atoms with E-state index in [0.717, 1.165) is 22.3 Å². The van der Waals surface area contributed by atoms with E-state index in [0.29, 0.717) is 0 Å². The number of cyclic esters (lactones) is 2. The fourth-order valence-electron chi connectivity index (χ4n) is 4.53. The van der Waals surface area contributed by atoms with E-state index in [4.69, 9.17) is 14.2 Å². The summed E-state index contributed by atoms with van der Waals surface area (Å²) in [5, 5.41) is 13.4. The number of hydrogen-bond donors (Lipinski definition) is 2. The molecule has 0 spiro atoms. The second kappa shape index (κ2) is 9.44. The van der Waals surface area contributed by atoms with E-state index >= 15 is 0 Å². The molecule has 1 saturated heterocycles. The summed E-state index contributed by atoms with van der Waals surface area (Å²) in [6, 6.07) is 14.9. The number of aliphatic hydroxyl groups excluding tert-OH is 1. The van der Waals surface area contributed by atoms with Crippen molar-refractivity contribution in [3.8, 4) is 11.1 Å². The Morgan fingerprint density at radius 1 is 1.00 bits per heavy atom. The Morgan fingerprint density at radius 2 is 1.51 bits per heavy atom. The molecule has 1 aliphatic heterocycles. The molecule has 2 aromatic carbocycles. The lowest BCUT2D eigenvalue weighted by atomic mass is 9.98. The molecule has 1 aliphatic carbocycles. The van der Waals surface area contributed by atoms with E-state index in [2.05, 4.69) is 5.32 Å². The van der Waals surface area contributed by atoms with Gasteiger partial charge in [0.25, 0.3) is 5.79 Å². The van der Waals surface area contributed by atoms with Crippen molar-refractivity contribution in [1.82, 2.24) is 5.32 Å². The highest BCUT2D eigenvalue weighted by Crippen LogP contribution is 2.44. The number of esters is 2. The molecule has 0 saturated carbocycles. The van der Waals surface area contributed by atoms with Crippen LogP contribution in [0.15, 0.2) is 59.9 Å². The van der Waals surface area contributed by atoms with Gasteiger partial charge in [-0.1, -0.05) is 62.4 Å². The molecule has 0 bridgehead atoms. The van der Waals surface area contributed by atoms with Crippen molar-refractivity contribution < 1.29 is 33.7 Å². The van der Waals surface area contributed by atoms with Gasteiger partial charge >= 0.3 is 18.0 Å². The fraction of sp³-hybridized carbons (Fsp3) is 0.370. The first kappa shape index (κ1) is 24.3. The Kier molecular flexibility index (Phi) is 6.56. The van der Waals surface area contributed by atoms with Crippen LogP contribution < -0.4 is 5.32 Å². The van der Waals surface area contributed by atoms with E-state index < -0.39 is 41.2 Å². The number of amides is 1. The van der Waals surface area contributed by atoms with Gasteiger partial charge in [-0.2, -0.15) is 0 Å². The van der Waals surface area contributed by atoms with E-state index in [1.54, 1.807) is 0 Å². The van der Waals surface area contributed by atoms with Crippen LogP contribution in [-0.4, -0.2) is 41.6 Å². The molecule has 2 N–H and O–H groups in total. The minimum atomic E-state index is -1.44. The third-order valence-corrected chi connectivity index (χ3v) is 6.01. The van der Waals surface area contributed by atoms with Gasteiger partial charge in [-0.25, -0.2) is 14.4 Å². The molecule has 0 aromatic heterocycles. The van der Waals surface area contributed by atoms with Crippen LogP contribution >= 0.6 is 0 Å². The summed E-state index contributed by atoms with van der Waals surface area (Å²) >= 11 is 0. The minimum Gasteiger partial charge on any atom is -0.509 e. The molecule has 1 fully saturated rings. The number of ether oxygens (including phenoxy) is 3. The number of alkyl carbamates (subject to hydrolysis) is 1. The highest BCUT2D eigenvalue weighted by Gasteiger charge is 2.42. The maximum atomic E-state index is 12.8. The second-order valence-electron chi connectivity index (χ2n) is 9.59. The topological polar surface area (TPSA) is 111 Å². The number of fused-ring (bicyclic) bond motifs is 3. The zero-order valence-electron chi connectivity index (χ0n) is 20.2. The molecule has 1 heterocycles. The fourth-order valence-corrected chi connectivity index (χ4v) is 4.53. The molecule has 8 heteroatoms. The molecule has 35 heavy (non-hydrogen) atoms. The number of carbonyl (C=O) groups excluding carboxylic acids is 3. The van der Waals surface area contributed by atoms with E-state index in [1.807, 2.05) is 62.4 Å². The van der Waals surface area contributed by atoms with Crippen molar-refractivity contribution in [3.05, 3.63) is 71.0 Å². The van der Waals surface area contributed by atoms with Crippen LogP contribution in [0.4, 0.5) is 4.79 Å². The quantitative estimate of drug-likeness (QED) is 0.270. The predicted molar refractivity (Wildman–Crippen MR) is 127 cm³/mol. The summed E-state index contributed by atoms with van der Waals surface area (Å²) in [5.74, 6) is -4.18. The molecule has 4 rings (SSSR count). The highest BCUT2D eigenvalue weighted by atomic mass is 16.7. The Bertz CT molecular complexity index is 1130. The molecule has 2 aromatic rings. The van der Waals surface area contributed by atoms with E-state index in [9.17, 15) is 19.5 Å². The summed E-state index contributed by atoms with van der Waals surface area (Å²) in [6.45, 7) is 6.67. The van der Waals surface area contributed by atoms with Crippen LogP contribution in [0.2, 0.25) is 0 Å². The molecule has 0 radical (unpaired) electrons. The van der Waals surface area contributed by atoms with Gasteiger partial charge in [0.2, 0.25) is 0 Å². The minimum absolute atomic E-state index is 0.0173. The number of hydrogen-bond acceptors (Lipinski definition) is 7. The lowest BCUT2D eigenvalue weighted by molar-refractivity contribution is -0.222. The molecule has 1 atom stereocenters. The average Bonchev–Trinajstić information content (AvgIpc) is 3.09. The lowest BCUT2D eigenvalue weighted by Crippen LogP contribution is -2.45. The van der Waals surface area contributed by atoms with E-state index in [1.165, 1.54) is 13.8 Å². The summed E-state index contributed by atoms with van der Waals surface area (Å²) in [7, 11) is 0. The van der Waals surface area contributed by atoms with Crippen molar-refractivity contribution in [2.24, 2.45) is 5.92 Å². The van der Waals surface area contributed by atoms with Gasteiger partial charge in [-0.05, 0) is 34.6 Å². The number of aliphatic hydroxyl groups is 1. The zero-order valence-corrected chi connectivity index (χ0v) is 20.2. The van der Waals surface area contributed by atoms with Gasteiger partial charge in [0, 0.05) is 19.8 Å². The van der Waals surface area contributed by atoms with Gasteiger partial charge in [-0.3, -0.25) is 0 Å². The monoisotopic (exact) mass is 479 g/mol. The van der Waals surface area contributed by atoms with Gasteiger partial charge in [0.1, 0.15) is 12.4 Å². The Hall–Kier alpha value is -3.81. The summed E-state index contributed by atoms with van der Waals surface area (Å²) in [6.07, 6.45) is -0.522. The normalized spacial score (nSPS) is 17.2. The first-order valence-electron chi connectivity index (χ1n) is 11.6. The maximum Gasteiger partial charge on any atom is 0.407 e. The van der Waals surface area contributed by atoms with Crippen molar-refractivity contribution in [2.45, 2.75) is 51.9 Å². The van der Waals surface area contributed by atoms with Gasteiger partial charge in [-0.15, -0.1) is 0 Å². The van der Waals surface area contributed by atoms with Crippen LogP contribution in [0.5, 0.6) is 0 Å². The summed E-state index contributed by atoms with van der Waals surface area (Å²) in [5.41, 5.74) is 3.72. The summed E-state index contributed by atoms with van der Waals surface area (Å²) in [4.78, 5) is 37.5. The molecule has 1 unspecified atom stereocenters. The number of rotatable bonds is 6. The molecule has 2 aliphatic rings. The Labute approximate surface area is 203 Å². The van der Waals surface area contributed by atoms with Crippen LogP contribution in [-0.2, 0) is 23.8 Å². The lowest BCUT2D eigenvalue weighted by Gasteiger charge is -2.31. The van der Waals surface area contributed by atoms with Gasteiger partial charge < -0.3 is 24.6 Å². The third kappa shape index (κ3) is 5.01. The number of nitrogens with one attached hydrogen (secondary N) is 1. The summed E-state index contributed by atoms with van der Waals surface area (Å²) < 4.78 is 15.7. The second-order valence-corrected chi connectivity index (χ2v) is 9.59. The average molecular weight is 480 g/mol. The SMILES string of the molecule is CC(C)CC(NC(=O)OCC1c2ccccc2-c2ccccc21)C(O)=C1C(=O)OC(C)(C)OC1=O. The largest absolute Gasteiger partial charge is 0.509 e. The first-order valence-corrected chi connectivity index (χ1v) is 11.6. The van der Waals surface area contributed by atoms with Gasteiger partial charge in [0.05, 0.1) is 6.04 Å². The van der Waals surface area contributed by atoms with Crippen LogP contribution in [0, 0.1) is 5.92 Å². The Balaban J connectivity index is 1.50. The maximum absolute atomic E-state index is 12.8. The van der Waals surface area contributed by atoms with Crippen molar-refractivity contribution in [1.29, 1.82) is 0 Å². The van der Waals surface area contributed by atoms with Crippen LogP contribution in [0.1, 0.15) is 51.2 Å². The Morgan fingerprint density at radius 3 is 2.03 bits per heavy atom. The van der Waals surface area contributed by atoms with Crippen molar-refractivity contribution in [2.75, 3.05) is 6.61 Å². The molecule has 8 nitrogen and oxygen atoms in total. The van der Waals surface area contributed by atoms with Gasteiger partial charge in [0.15, 0.2) is 5.57 Å². The number of carbonyl (C=O) groups is 3. The molecular weight excluding hydrogens is 450 g/mol. The highest BCUT2D eigenvalue weighted by molar-refractivity contribution is 6.15. The van der Waals surface area contributed by atoms with Crippen LogP contribution in [0.3, 0.4) is 0 Å². The van der Waals surface area contributed by atoms with E-state index in [-0.39, 0.29) is 24.9 Å².